The number of hydrogen-bond acceptors (Lipinski definition) is 5. The molecule has 0 unspecified atom stereocenters. The van der Waals surface area contributed by atoms with Gasteiger partial charge in [0.2, 0.25) is 0 Å². The lowest BCUT2D eigenvalue weighted by molar-refractivity contribution is 1.15. The Bertz CT molecular complexity index is 1390. The molecule has 2 aromatic heterocycles. The number of nitrogen functional groups attached to an aromatic ring is 1. The van der Waals surface area contributed by atoms with E-state index in [0.717, 1.165) is 44.7 Å². The van der Waals surface area contributed by atoms with Gasteiger partial charge in [0.1, 0.15) is 5.52 Å². The lowest BCUT2D eigenvalue weighted by Gasteiger charge is -2.14. The van der Waals surface area contributed by atoms with Crippen molar-refractivity contribution < 1.29 is 0 Å². The lowest BCUT2D eigenvalue weighted by Crippen LogP contribution is -2.04. The number of nitrogens with zero attached hydrogens (tertiary/aromatic N) is 3. The maximum absolute atomic E-state index is 6.43. The molecule has 0 saturated heterocycles. The zero-order valence-electron chi connectivity index (χ0n) is 16.9. The van der Waals surface area contributed by atoms with Gasteiger partial charge >= 0.3 is 0 Å². The topological polar surface area (TPSA) is 80.3 Å². The Morgan fingerprint density at radius 2 is 1.90 bits per heavy atom. The summed E-state index contributed by atoms with van der Waals surface area (Å²) in [6.07, 6.45) is 3.59. The fraction of sp³-hybridized carbons (Fsp3) is 0.0833. The first-order valence-corrected chi connectivity index (χ1v) is 10.3. The summed E-state index contributed by atoms with van der Waals surface area (Å²) in [6, 6.07) is 19.8. The van der Waals surface area contributed by atoms with E-state index in [4.69, 9.17) is 22.3 Å². The van der Waals surface area contributed by atoms with Crippen LogP contribution < -0.4 is 16.4 Å². The first-order valence-electron chi connectivity index (χ1n) is 9.95. The molecule has 5 aromatic rings. The van der Waals surface area contributed by atoms with Crippen LogP contribution >= 0.6 is 11.6 Å². The van der Waals surface area contributed by atoms with E-state index in [-0.39, 0.29) is 0 Å². The van der Waals surface area contributed by atoms with Crippen molar-refractivity contribution in [2.75, 3.05) is 16.4 Å². The minimum Gasteiger partial charge on any atom is -0.398 e. The van der Waals surface area contributed by atoms with Gasteiger partial charge in [0.15, 0.2) is 5.82 Å². The third-order valence-corrected chi connectivity index (χ3v) is 5.67. The summed E-state index contributed by atoms with van der Waals surface area (Å²) in [5.41, 5.74) is 13.4. The lowest BCUT2D eigenvalue weighted by atomic mass is 10.1. The minimum absolute atomic E-state index is 0.634. The van der Waals surface area contributed by atoms with Crippen molar-refractivity contribution in [2.24, 2.45) is 0 Å². The molecule has 0 aliphatic carbocycles. The van der Waals surface area contributed by atoms with Gasteiger partial charge in [-0.15, -0.1) is 0 Å². The molecule has 0 bridgehead atoms. The highest BCUT2D eigenvalue weighted by molar-refractivity contribution is 6.33. The molecule has 3 aromatic carbocycles. The molecule has 0 aliphatic rings. The molecule has 0 spiro atoms. The number of halogens is 1. The third-order valence-electron chi connectivity index (χ3n) is 5.35. The molecule has 154 valence electrons. The third kappa shape index (κ3) is 3.62. The van der Waals surface area contributed by atoms with E-state index in [2.05, 4.69) is 15.6 Å². The minimum atomic E-state index is 0.634. The van der Waals surface area contributed by atoms with Gasteiger partial charge in [-0.3, -0.25) is 4.40 Å². The Morgan fingerprint density at radius 3 is 2.74 bits per heavy atom. The Morgan fingerprint density at radius 1 is 1.03 bits per heavy atom. The van der Waals surface area contributed by atoms with Gasteiger partial charge in [-0.1, -0.05) is 41.9 Å². The number of imidazole rings is 1. The number of nitrogens with two attached hydrogens (primary N) is 1. The van der Waals surface area contributed by atoms with Gasteiger partial charge in [0.25, 0.3) is 0 Å². The second-order valence-electron chi connectivity index (χ2n) is 7.42. The molecule has 0 atom stereocenters. The molecule has 31 heavy (non-hydrogen) atoms. The fourth-order valence-electron chi connectivity index (χ4n) is 3.66. The molecule has 2 heterocycles. The Balaban J connectivity index is 1.53. The summed E-state index contributed by atoms with van der Waals surface area (Å²) in [6.45, 7) is 2.65. The summed E-state index contributed by atoms with van der Waals surface area (Å²) in [4.78, 5) is 9.22. The molecule has 4 N–H and O–H groups in total. The van der Waals surface area contributed by atoms with Gasteiger partial charge in [-0.2, -0.15) is 0 Å². The highest BCUT2D eigenvalue weighted by Gasteiger charge is 2.12. The van der Waals surface area contributed by atoms with Crippen molar-refractivity contribution in [3.63, 3.8) is 0 Å². The fourth-order valence-corrected chi connectivity index (χ4v) is 3.93. The number of aryl methyl sites for hydroxylation is 1. The molecule has 0 saturated carbocycles. The largest absolute Gasteiger partial charge is 0.398 e. The van der Waals surface area contributed by atoms with Crippen LogP contribution in [0.1, 0.15) is 11.1 Å². The summed E-state index contributed by atoms with van der Waals surface area (Å²) >= 11 is 6.43. The maximum atomic E-state index is 6.43. The van der Waals surface area contributed by atoms with Gasteiger partial charge in [-0.05, 0) is 48.4 Å². The van der Waals surface area contributed by atoms with E-state index >= 15 is 0 Å². The number of fused-ring (bicyclic) bond motifs is 3. The van der Waals surface area contributed by atoms with E-state index in [9.17, 15) is 0 Å². The van der Waals surface area contributed by atoms with Crippen molar-refractivity contribution in [1.29, 1.82) is 0 Å². The highest BCUT2D eigenvalue weighted by Crippen LogP contribution is 2.31. The van der Waals surface area contributed by atoms with Crippen LogP contribution in [0.2, 0.25) is 5.02 Å². The number of para-hydroxylation sites is 2. The predicted molar refractivity (Wildman–Crippen MR) is 128 cm³/mol. The van der Waals surface area contributed by atoms with E-state index in [1.54, 1.807) is 12.5 Å². The molecule has 0 radical (unpaired) electrons. The number of anilines is 4. The number of hydrogen-bond donors (Lipinski definition) is 3. The van der Waals surface area contributed by atoms with E-state index in [1.165, 1.54) is 0 Å². The summed E-state index contributed by atoms with van der Waals surface area (Å²) in [5.74, 6) is 0.700. The van der Waals surface area contributed by atoms with Gasteiger partial charge in [-0.25, -0.2) is 9.97 Å². The average molecular weight is 429 g/mol. The molecule has 6 nitrogen and oxygen atoms in total. The highest BCUT2D eigenvalue weighted by atomic mass is 35.5. The predicted octanol–water partition coefficient (Wildman–Crippen LogP) is 5.78. The van der Waals surface area contributed by atoms with Crippen LogP contribution in [0, 0.1) is 6.92 Å². The summed E-state index contributed by atoms with van der Waals surface area (Å²) < 4.78 is 2.02. The Kier molecular flexibility index (Phi) is 4.84. The van der Waals surface area contributed by atoms with Crippen molar-refractivity contribution in [3.05, 3.63) is 89.3 Å². The Labute approximate surface area is 184 Å². The monoisotopic (exact) mass is 428 g/mol. The van der Waals surface area contributed by atoms with Crippen molar-refractivity contribution >= 4 is 51.0 Å². The first kappa shape index (κ1) is 19.2. The number of benzene rings is 3. The molecular formula is C24H21ClN6. The van der Waals surface area contributed by atoms with E-state index < -0.39 is 0 Å². The van der Waals surface area contributed by atoms with Gasteiger partial charge < -0.3 is 16.4 Å². The summed E-state index contributed by atoms with van der Waals surface area (Å²) in [7, 11) is 0. The maximum Gasteiger partial charge on any atom is 0.157 e. The molecule has 7 heteroatoms. The SMILES string of the molecule is Cc1cccc(Cl)c1Nc1nc2cc(NCc3ccccc3N)ccc2n2cncc12. The van der Waals surface area contributed by atoms with Gasteiger partial charge in [0.05, 0.1) is 34.3 Å². The number of nitrogens with one attached hydrogen (secondary N) is 2. The van der Waals surface area contributed by atoms with Crippen LogP contribution in [0.15, 0.2) is 73.2 Å². The van der Waals surface area contributed by atoms with Crippen LogP contribution in [0.5, 0.6) is 0 Å². The van der Waals surface area contributed by atoms with Crippen molar-refractivity contribution in [1.82, 2.24) is 14.4 Å². The van der Waals surface area contributed by atoms with Crippen molar-refractivity contribution in [2.45, 2.75) is 13.5 Å². The second-order valence-corrected chi connectivity index (χ2v) is 7.83. The van der Waals surface area contributed by atoms with Crippen LogP contribution in [0.4, 0.5) is 22.9 Å². The zero-order chi connectivity index (χ0) is 21.4. The van der Waals surface area contributed by atoms with E-state index in [1.807, 2.05) is 72.0 Å². The van der Waals surface area contributed by atoms with Gasteiger partial charge in [0, 0.05) is 17.9 Å². The van der Waals surface area contributed by atoms with Crippen LogP contribution in [0.25, 0.3) is 16.6 Å². The van der Waals surface area contributed by atoms with Crippen LogP contribution in [0.3, 0.4) is 0 Å². The second kappa shape index (κ2) is 7.81. The molecular weight excluding hydrogens is 408 g/mol. The van der Waals surface area contributed by atoms with E-state index in [0.29, 0.717) is 17.4 Å². The van der Waals surface area contributed by atoms with Crippen LogP contribution in [-0.2, 0) is 6.54 Å². The van der Waals surface area contributed by atoms with Crippen LogP contribution in [-0.4, -0.2) is 14.4 Å². The quantitative estimate of drug-likeness (QED) is 0.309. The standard InChI is InChI=1S/C24H21ClN6/c1-15-5-4-7-18(25)23(15)30-24-22-13-27-14-31(22)21-10-9-17(11-20(21)29-24)28-12-16-6-2-3-8-19(16)26/h2-11,13-14,28H,12,26H2,1H3,(H,29,30). The molecule has 5 rings (SSSR count). The first-order chi connectivity index (χ1) is 15.1. The number of rotatable bonds is 5. The summed E-state index contributed by atoms with van der Waals surface area (Å²) in [5, 5.41) is 7.49. The zero-order valence-corrected chi connectivity index (χ0v) is 17.7. The Hall–Kier alpha value is -3.77. The average Bonchev–Trinajstić information content (AvgIpc) is 3.26. The normalized spacial score (nSPS) is 11.2. The van der Waals surface area contributed by atoms with Crippen molar-refractivity contribution in [3.8, 4) is 0 Å². The molecule has 0 aliphatic heterocycles. The smallest absolute Gasteiger partial charge is 0.157 e. The molecule has 0 amide bonds. The number of aromatic nitrogens is 3. The molecule has 0 fully saturated rings.